The molecule has 0 aliphatic carbocycles. The monoisotopic (exact) mass is 380 g/mol. The van der Waals surface area contributed by atoms with Crippen LogP contribution in [-0.4, -0.2) is 18.0 Å². The number of thiazole rings is 1. The number of anilines is 1. The first-order valence-electron chi connectivity index (χ1n) is 7.04. The number of carbonyl (C=O) groups is 1. The second kappa shape index (κ2) is 7.16. The maximum Gasteiger partial charge on any atom is 0.257 e. The molecule has 1 heterocycles. The van der Waals surface area contributed by atoms with E-state index in [1.165, 1.54) is 24.5 Å². The van der Waals surface area contributed by atoms with Gasteiger partial charge in [0.2, 0.25) is 0 Å². The number of ether oxygens (including phenoxy) is 1. The van der Waals surface area contributed by atoms with Crippen LogP contribution < -0.4 is 10.1 Å². The van der Waals surface area contributed by atoms with Gasteiger partial charge in [-0.05, 0) is 36.4 Å². The van der Waals surface area contributed by atoms with Crippen molar-refractivity contribution in [1.82, 2.24) is 4.98 Å². The van der Waals surface area contributed by atoms with Crippen LogP contribution in [0.4, 0.5) is 13.9 Å². The Morgan fingerprint density at radius 1 is 1.20 bits per heavy atom. The Labute approximate surface area is 151 Å². The minimum Gasteiger partial charge on any atom is -0.495 e. The fourth-order valence-electron chi connectivity index (χ4n) is 2.10. The van der Waals surface area contributed by atoms with Gasteiger partial charge in [-0.2, -0.15) is 0 Å². The fourth-order valence-corrected chi connectivity index (χ4v) is 3.07. The van der Waals surface area contributed by atoms with Crippen molar-refractivity contribution in [1.29, 1.82) is 0 Å². The van der Waals surface area contributed by atoms with Crippen molar-refractivity contribution in [3.05, 3.63) is 64.0 Å². The summed E-state index contributed by atoms with van der Waals surface area (Å²) in [4.78, 5) is 16.4. The molecule has 8 heteroatoms. The predicted molar refractivity (Wildman–Crippen MR) is 93.4 cm³/mol. The molecule has 4 nitrogen and oxygen atoms in total. The number of hydrogen-bond donors (Lipinski definition) is 1. The van der Waals surface area contributed by atoms with Crippen molar-refractivity contribution in [2.75, 3.05) is 12.4 Å². The molecule has 128 valence electrons. The maximum atomic E-state index is 13.2. The van der Waals surface area contributed by atoms with E-state index >= 15 is 0 Å². The molecule has 0 fully saturated rings. The first-order valence-corrected chi connectivity index (χ1v) is 8.29. The quantitative estimate of drug-likeness (QED) is 0.692. The molecular formula is C17H11ClF2N2O2S. The smallest absolute Gasteiger partial charge is 0.257 e. The number of aromatic nitrogens is 1. The summed E-state index contributed by atoms with van der Waals surface area (Å²) in [5.74, 6) is -2.12. The number of carbonyl (C=O) groups excluding carboxylic acids is 1. The van der Waals surface area contributed by atoms with E-state index in [1.54, 1.807) is 23.6 Å². The van der Waals surface area contributed by atoms with Crippen LogP contribution in [0, 0.1) is 11.6 Å². The van der Waals surface area contributed by atoms with E-state index in [1.807, 2.05) is 0 Å². The van der Waals surface area contributed by atoms with Crippen LogP contribution in [0.2, 0.25) is 5.02 Å². The number of halogens is 3. The summed E-state index contributed by atoms with van der Waals surface area (Å²) in [6.07, 6.45) is 0. The molecular weight excluding hydrogens is 370 g/mol. The molecule has 2 aromatic carbocycles. The third-order valence-electron chi connectivity index (χ3n) is 3.35. The molecule has 0 radical (unpaired) electrons. The van der Waals surface area contributed by atoms with Gasteiger partial charge in [-0.25, -0.2) is 13.8 Å². The fraction of sp³-hybridized carbons (Fsp3) is 0.0588. The van der Waals surface area contributed by atoms with E-state index in [9.17, 15) is 13.6 Å². The highest BCUT2D eigenvalue weighted by Gasteiger charge is 2.13. The van der Waals surface area contributed by atoms with Gasteiger partial charge in [-0.1, -0.05) is 11.6 Å². The lowest BCUT2D eigenvalue weighted by Gasteiger charge is -2.04. The van der Waals surface area contributed by atoms with Crippen molar-refractivity contribution in [3.8, 4) is 17.0 Å². The standard InChI is InChI=1S/C17H11ClF2N2O2S/c1-24-15-5-3-9(6-11(15)18)14-8-25-17(21-14)22-16(23)10-2-4-12(19)13(20)7-10/h2-8H,1H3,(H,21,22,23). The molecule has 1 amide bonds. The number of methoxy groups -OCH3 is 1. The zero-order valence-electron chi connectivity index (χ0n) is 12.8. The van der Waals surface area contributed by atoms with Crippen molar-refractivity contribution < 1.29 is 18.3 Å². The lowest BCUT2D eigenvalue weighted by atomic mass is 10.2. The summed E-state index contributed by atoms with van der Waals surface area (Å²) in [6.45, 7) is 0. The molecule has 0 aliphatic heterocycles. The van der Waals surface area contributed by atoms with Gasteiger partial charge in [0.1, 0.15) is 5.75 Å². The summed E-state index contributed by atoms with van der Waals surface area (Å²) >= 11 is 7.30. The number of amides is 1. The Balaban J connectivity index is 1.78. The second-order valence-electron chi connectivity index (χ2n) is 4.97. The number of rotatable bonds is 4. The second-order valence-corrected chi connectivity index (χ2v) is 6.24. The van der Waals surface area contributed by atoms with Gasteiger partial charge in [0.05, 0.1) is 17.8 Å². The molecule has 0 atom stereocenters. The van der Waals surface area contributed by atoms with Crippen LogP contribution in [0.25, 0.3) is 11.3 Å². The van der Waals surface area contributed by atoms with Crippen molar-refractivity contribution in [3.63, 3.8) is 0 Å². The van der Waals surface area contributed by atoms with Gasteiger partial charge in [0.15, 0.2) is 16.8 Å². The third kappa shape index (κ3) is 3.78. The summed E-state index contributed by atoms with van der Waals surface area (Å²) in [5.41, 5.74) is 1.38. The number of hydrogen-bond acceptors (Lipinski definition) is 4. The van der Waals surface area contributed by atoms with Gasteiger partial charge in [0.25, 0.3) is 5.91 Å². The molecule has 0 saturated heterocycles. The van der Waals surface area contributed by atoms with Gasteiger partial charge < -0.3 is 4.74 Å². The summed E-state index contributed by atoms with van der Waals surface area (Å²) < 4.78 is 31.2. The predicted octanol–water partition coefficient (Wildman–Crippen LogP) is 5.00. The average Bonchev–Trinajstić information content (AvgIpc) is 3.05. The number of benzene rings is 2. The van der Waals surface area contributed by atoms with Crippen LogP contribution >= 0.6 is 22.9 Å². The minimum absolute atomic E-state index is 0.00291. The zero-order chi connectivity index (χ0) is 18.0. The lowest BCUT2D eigenvalue weighted by Crippen LogP contribution is -2.12. The molecule has 1 aromatic heterocycles. The molecule has 25 heavy (non-hydrogen) atoms. The normalized spacial score (nSPS) is 10.6. The maximum absolute atomic E-state index is 13.2. The van der Waals surface area contributed by atoms with Crippen molar-refractivity contribution in [2.45, 2.75) is 0 Å². The first kappa shape index (κ1) is 17.3. The van der Waals surface area contributed by atoms with Crippen LogP contribution in [0.15, 0.2) is 41.8 Å². The summed E-state index contributed by atoms with van der Waals surface area (Å²) in [6, 6.07) is 8.15. The molecule has 0 saturated carbocycles. The Morgan fingerprint density at radius 3 is 2.68 bits per heavy atom. The van der Waals surface area contributed by atoms with E-state index in [-0.39, 0.29) is 5.56 Å². The van der Waals surface area contributed by atoms with Crippen LogP contribution in [0.5, 0.6) is 5.75 Å². The van der Waals surface area contributed by atoms with Crippen molar-refractivity contribution in [2.24, 2.45) is 0 Å². The molecule has 3 rings (SSSR count). The van der Waals surface area contributed by atoms with Crippen LogP contribution in [0.3, 0.4) is 0 Å². The Morgan fingerprint density at radius 2 is 2.00 bits per heavy atom. The SMILES string of the molecule is COc1ccc(-c2csc(NC(=O)c3ccc(F)c(F)c3)n2)cc1Cl. The molecule has 3 aromatic rings. The molecule has 0 bridgehead atoms. The summed E-state index contributed by atoms with van der Waals surface area (Å²) in [7, 11) is 1.52. The largest absolute Gasteiger partial charge is 0.495 e. The highest BCUT2D eigenvalue weighted by molar-refractivity contribution is 7.14. The number of nitrogens with zero attached hydrogens (tertiary/aromatic N) is 1. The first-order chi connectivity index (χ1) is 12.0. The molecule has 0 unspecified atom stereocenters. The zero-order valence-corrected chi connectivity index (χ0v) is 14.4. The van der Waals surface area contributed by atoms with Gasteiger partial charge in [-0.3, -0.25) is 10.1 Å². The Kier molecular flexibility index (Phi) is 4.96. The van der Waals surface area contributed by atoms with E-state index < -0.39 is 17.5 Å². The molecule has 0 spiro atoms. The van der Waals surface area contributed by atoms with Crippen LogP contribution in [0.1, 0.15) is 10.4 Å². The van der Waals surface area contributed by atoms with Crippen LogP contribution in [-0.2, 0) is 0 Å². The topological polar surface area (TPSA) is 51.2 Å². The highest BCUT2D eigenvalue weighted by atomic mass is 35.5. The van der Waals surface area contributed by atoms with E-state index in [2.05, 4.69) is 10.3 Å². The Hall–Kier alpha value is -2.51. The van der Waals surface area contributed by atoms with Gasteiger partial charge in [-0.15, -0.1) is 11.3 Å². The van der Waals surface area contributed by atoms with E-state index in [0.29, 0.717) is 21.6 Å². The third-order valence-corrected chi connectivity index (χ3v) is 4.41. The average molecular weight is 381 g/mol. The molecule has 0 aliphatic rings. The number of nitrogens with one attached hydrogen (secondary N) is 1. The van der Waals surface area contributed by atoms with Gasteiger partial charge in [0, 0.05) is 16.5 Å². The lowest BCUT2D eigenvalue weighted by molar-refractivity contribution is 0.102. The van der Waals surface area contributed by atoms with E-state index in [0.717, 1.165) is 17.7 Å². The minimum atomic E-state index is -1.08. The Bertz CT molecular complexity index is 946. The van der Waals surface area contributed by atoms with Gasteiger partial charge >= 0.3 is 0 Å². The van der Waals surface area contributed by atoms with E-state index in [4.69, 9.17) is 16.3 Å². The highest BCUT2D eigenvalue weighted by Crippen LogP contribution is 2.31. The molecule has 1 N–H and O–H groups in total. The van der Waals surface area contributed by atoms with Crippen molar-refractivity contribution >= 4 is 34.0 Å². The summed E-state index contributed by atoms with van der Waals surface area (Å²) in [5, 5.41) is 5.08.